The van der Waals surface area contributed by atoms with Crippen molar-refractivity contribution in [2.24, 2.45) is 0 Å². The van der Waals surface area contributed by atoms with E-state index in [4.69, 9.17) is 0 Å². The third kappa shape index (κ3) is 4.28. The smallest absolute Gasteiger partial charge is 0.187 e. The van der Waals surface area contributed by atoms with Crippen molar-refractivity contribution in [3.63, 3.8) is 0 Å². The molecular formula is C11H17N3OS. The molecule has 1 heterocycles. The Balaban J connectivity index is 2.34. The predicted molar refractivity (Wildman–Crippen MR) is 65.9 cm³/mol. The van der Waals surface area contributed by atoms with Crippen molar-refractivity contribution in [1.29, 1.82) is 0 Å². The zero-order valence-electron chi connectivity index (χ0n) is 9.72. The Hall–Kier alpha value is -0.940. The first-order chi connectivity index (χ1) is 7.80. The fourth-order valence-electron chi connectivity index (χ4n) is 1.27. The van der Waals surface area contributed by atoms with Gasteiger partial charge in [0.05, 0.1) is 5.56 Å². The molecule has 0 fully saturated rings. The summed E-state index contributed by atoms with van der Waals surface area (Å²) >= 11 is 1.62. The van der Waals surface area contributed by atoms with Crippen LogP contribution in [0.3, 0.4) is 0 Å². The van der Waals surface area contributed by atoms with Crippen LogP contribution < -0.4 is 0 Å². The van der Waals surface area contributed by atoms with Crippen LogP contribution >= 0.6 is 11.8 Å². The zero-order valence-corrected chi connectivity index (χ0v) is 10.5. The number of carbonyl (C=O) groups is 1. The standard InChI is InChI=1S/C11H17N3OS/c1-3-14(4-2)5-6-16-11-12-7-10(9-15)8-13-11/h7-9H,3-6H2,1-2H3. The molecule has 0 atom stereocenters. The number of aldehydes is 1. The van der Waals surface area contributed by atoms with Gasteiger partial charge < -0.3 is 4.90 Å². The molecule has 0 bridgehead atoms. The molecule has 1 aromatic rings. The maximum atomic E-state index is 10.4. The lowest BCUT2D eigenvalue weighted by Crippen LogP contribution is -2.25. The van der Waals surface area contributed by atoms with E-state index in [0.717, 1.165) is 36.8 Å². The van der Waals surface area contributed by atoms with Gasteiger partial charge in [0.1, 0.15) is 0 Å². The first-order valence-corrected chi connectivity index (χ1v) is 6.41. The number of nitrogens with zero attached hydrogens (tertiary/aromatic N) is 3. The molecule has 88 valence electrons. The van der Waals surface area contributed by atoms with Crippen LogP contribution in [0.2, 0.25) is 0 Å². The van der Waals surface area contributed by atoms with Crippen molar-refractivity contribution in [2.75, 3.05) is 25.4 Å². The average Bonchev–Trinajstić information content (AvgIpc) is 2.35. The summed E-state index contributed by atoms with van der Waals surface area (Å²) in [6, 6.07) is 0. The molecule has 1 rings (SSSR count). The van der Waals surface area contributed by atoms with E-state index < -0.39 is 0 Å². The van der Waals surface area contributed by atoms with Crippen molar-refractivity contribution < 1.29 is 4.79 Å². The van der Waals surface area contributed by atoms with Crippen LogP contribution in [0.4, 0.5) is 0 Å². The number of thioether (sulfide) groups is 1. The molecule has 5 heteroatoms. The summed E-state index contributed by atoms with van der Waals surface area (Å²) in [5, 5.41) is 0.734. The number of hydrogen-bond acceptors (Lipinski definition) is 5. The summed E-state index contributed by atoms with van der Waals surface area (Å²) in [6.07, 6.45) is 3.86. The molecule has 1 aromatic heterocycles. The lowest BCUT2D eigenvalue weighted by Gasteiger charge is -2.16. The Morgan fingerprint density at radius 3 is 2.44 bits per heavy atom. The number of hydrogen-bond donors (Lipinski definition) is 0. The average molecular weight is 239 g/mol. The van der Waals surface area contributed by atoms with Crippen LogP contribution in [-0.2, 0) is 0 Å². The van der Waals surface area contributed by atoms with Crippen molar-refractivity contribution in [3.05, 3.63) is 18.0 Å². The maximum Gasteiger partial charge on any atom is 0.187 e. The van der Waals surface area contributed by atoms with Gasteiger partial charge in [-0.15, -0.1) is 0 Å². The molecule has 0 aliphatic rings. The minimum atomic E-state index is 0.521. The van der Waals surface area contributed by atoms with Gasteiger partial charge in [-0.25, -0.2) is 9.97 Å². The molecule has 4 nitrogen and oxygen atoms in total. The summed E-state index contributed by atoms with van der Waals surface area (Å²) in [6.45, 7) is 7.49. The van der Waals surface area contributed by atoms with Gasteiger partial charge in [-0.2, -0.15) is 0 Å². The molecule has 0 saturated heterocycles. The zero-order chi connectivity index (χ0) is 11.8. The lowest BCUT2D eigenvalue weighted by molar-refractivity contribution is 0.112. The van der Waals surface area contributed by atoms with E-state index >= 15 is 0 Å². The monoisotopic (exact) mass is 239 g/mol. The molecular weight excluding hydrogens is 222 g/mol. The van der Waals surface area contributed by atoms with Crippen LogP contribution in [-0.4, -0.2) is 46.5 Å². The van der Waals surface area contributed by atoms with E-state index in [1.54, 1.807) is 24.2 Å². The third-order valence-electron chi connectivity index (χ3n) is 2.32. The topological polar surface area (TPSA) is 46.1 Å². The van der Waals surface area contributed by atoms with E-state index in [1.807, 2.05) is 0 Å². The molecule has 0 aliphatic heterocycles. The van der Waals surface area contributed by atoms with Crippen molar-refractivity contribution >= 4 is 18.0 Å². The maximum absolute atomic E-state index is 10.4. The summed E-state index contributed by atoms with van der Waals surface area (Å²) < 4.78 is 0. The Morgan fingerprint density at radius 2 is 1.94 bits per heavy atom. The van der Waals surface area contributed by atoms with Crippen molar-refractivity contribution in [2.45, 2.75) is 19.0 Å². The summed E-state index contributed by atoms with van der Waals surface area (Å²) in [5.41, 5.74) is 0.521. The van der Waals surface area contributed by atoms with Crippen LogP contribution in [0.1, 0.15) is 24.2 Å². The highest BCUT2D eigenvalue weighted by Gasteiger charge is 2.01. The summed E-state index contributed by atoms with van der Waals surface area (Å²) in [5.74, 6) is 0.974. The Labute approximate surface area is 100 Å². The van der Waals surface area contributed by atoms with E-state index in [-0.39, 0.29) is 0 Å². The van der Waals surface area contributed by atoms with Gasteiger partial charge in [0, 0.05) is 24.7 Å². The van der Waals surface area contributed by atoms with Gasteiger partial charge in [-0.3, -0.25) is 4.79 Å². The van der Waals surface area contributed by atoms with Crippen LogP contribution in [0.5, 0.6) is 0 Å². The van der Waals surface area contributed by atoms with Gasteiger partial charge in [0.2, 0.25) is 0 Å². The largest absolute Gasteiger partial charge is 0.303 e. The number of carbonyl (C=O) groups excluding carboxylic acids is 1. The lowest BCUT2D eigenvalue weighted by atomic mass is 10.4. The fourth-order valence-corrected chi connectivity index (χ4v) is 2.05. The van der Waals surface area contributed by atoms with E-state index in [0.29, 0.717) is 5.56 Å². The highest BCUT2D eigenvalue weighted by atomic mass is 32.2. The fraction of sp³-hybridized carbons (Fsp3) is 0.545. The number of aromatic nitrogens is 2. The Morgan fingerprint density at radius 1 is 1.31 bits per heavy atom. The second-order valence-corrected chi connectivity index (χ2v) is 4.35. The molecule has 0 aromatic carbocycles. The normalized spacial score (nSPS) is 10.7. The molecule has 0 unspecified atom stereocenters. The molecule has 0 spiro atoms. The Kier molecular flexibility index (Phi) is 6.03. The molecule has 16 heavy (non-hydrogen) atoms. The van der Waals surface area contributed by atoms with Crippen LogP contribution in [0, 0.1) is 0 Å². The molecule has 0 aliphatic carbocycles. The second kappa shape index (κ2) is 7.35. The van der Waals surface area contributed by atoms with Crippen LogP contribution in [0.25, 0.3) is 0 Å². The Bertz CT molecular complexity index is 312. The van der Waals surface area contributed by atoms with Crippen LogP contribution in [0.15, 0.2) is 17.6 Å². The summed E-state index contributed by atoms with van der Waals surface area (Å²) in [4.78, 5) is 21.0. The van der Waals surface area contributed by atoms with Gasteiger partial charge in [0.25, 0.3) is 0 Å². The van der Waals surface area contributed by atoms with Gasteiger partial charge in [-0.1, -0.05) is 25.6 Å². The van der Waals surface area contributed by atoms with Crippen molar-refractivity contribution in [1.82, 2.24) is 14.9 Å². The third-order valence-corrected chi connectivity index (χ3v) is 3.17. The van der Waals surface area contributed by atoms with E-state index in [2.05, 4.69) is 28.7 Å². The molecule has 0 radical (unpaired) electrons. The van der Waals surface area contributed by atoms with E-state index in [1.165, 1.54) is 0 Å². The molecule has 0 amide bonds. The van der Waals surface area contributed by atoms with Gasteiger partial charge >= 0.3 is 0 Å². The first kappa shape index (κ1) is 13.1. The van der Waals surface area contributed by atoms with Gasteiger partial charge in [-0.05, 0) is 13.1 Å². The molecule has 0 N–H and O–H groups in total. The SMILES string of the molecule is CCN(CC)CCSc1ncc(C=O)cn1. The second-order valence-electron chi connectivity index (χ2n) is 3.29. The molecule has 0 saturated carbocycles. The van der Waals surface area contributed by atoms with Crippen molar-refractivity contribution in [3.8, 4) is 0 Å². The van der Waals surface area contributed by atoms with Gasteiger partial charge in [0.15, 0.2) is 11.4 Å². The minimum absolute atomic E-state index is 0.521. The summed E-state index contributed by atoms with van der Waals surface area (Å²) in [7, 11) is 0. The first-order valence-electron chi connectivity index (χ1n) is 5.42. The quantitative estimate of drug-likeness (QED) is 0.412. The van der Waals surface area contributed by atoms with E-state index in [9.17, 15) is 4.79 Å². The highest BCUT2D eigenvalue weighted by molar-refractivity contribution is 7.99. The predicted octanol–water partition coefficient (Wildman–Crippen LogP) is 1.72. The highest BCUT2D eigenvalue weighted by Crippen LogP contribution is 2.11. The minimum Gasteiger partial charge on any atom is -0.303 e. The number of rotatable bonds is 7.